The number of benzene rings is 1. The second-order valence-electron chi connectivity index (χ2n) is 5.11. The average Bonchev–Trinajstić information content (AvgIpc) is 2.44. The molecule has 0 atom stereocenters. The van der Waals surface area contributed by atoms with E-state index in [-0.39, 0.29) is 11.6 Å². The Morgan fingerprint density at radius 1 is 0.810 bits per heavy atom. The summed E-state index contributed by atoms with van der Waals surface area (Å²) in [4.78, 5) is 24.9. The minimum Gasteiger partial charge on any atom is -0.288 e. The molecular weight excluding hydrogens is 464 g/mol. The van der Waals surface area contributed by atoms with Gasteiger partial charge in [-0.15, -0.1) is 0 Å². The maximum Gasteiger partial charge on any atom is 0.202 e. The summed E-state index contributed by atoms with van der Waals surface area (Å²) < 4.78 is 1.62. The molecule has 0 radical (unpaired) electrons. The van der Waals surface area contributed by atoms with E-state index in [0.29, 0.717) is 20.1 Å². The minimum absolute atomic E-state index is 0.160. The predicted octanol–water partition coefficient (Wildman–Crippen LogP) is 5.30. The molecule has 0 aromatic heterocycles. The summed E-state index contributed by atoms with van der Waals surface area (Å²) in [6, 6.07) is 2.01. The first-order chi connectivity index (χ1) is 9.68. The molecule has 0 saturated heterocycles. The van der Waals surface area contributed by atoms with Gasteiger partial charge in [0, 0.05) is 15.6 Å². The molecule has 0 unspecified atom stereocenters. The SMILES string of the molecule is CC1=C(Br)C(=O)C(c2c(C)cc(C)c(Br)c2C)=C(Br)C1=O. The molecule has 0 saturated carbocycles. The molecule has 110 valence electrons. The Morgan fingerprint density at radius 3 is 1.95 bits per heavy atom. The second-order valence-corrected chi connectivity index (χ2v) is 7.49. The first-order valence-corrected chi connectivity index (χ1v) is 8.68. The van der Waals surface area contributed by atoms with Gasteiger partial charge in [-0.3, -0.25) is 9.59 Å². The van der Waals surface area contributed by atoms with Crippen LogP contribution < -0.4 is 0 Å². The zero-order valence-corrected chi connectivity index (χ0v) is 16.8. The molecule has 1 aliphatic carbocycles. The average molecular weight is 477 g/mol. The third kappa shape index (κ3) is 2.64. The van der Waals surface area contributed by atoms with Crippen molar-refractivity contribution < 1.29 is 9.59 Å². The van der Waals surface area contributed by atoms with Crippen molar-refractivity contribution >= 4 is 64.9 Å². The highest BCUT2D eigenvalue weighted by atomic mass is 79.9. The minimum atomic E-state index is -0.166. The molecule has 21 heavy (non-hydrogen) atoms. The Labute approximate surface area is 149 Å². The molecule has 1 aliphatic rings. The van der Waals surface area contributed by atoms with Crippen molar-refractivity contribution in [3.63, 3.8) is 0 Å². The molecule has 0 N–H and O–H groups in total. The lowest BCUT2D eigenvalue weighted by Crippen LogP contribution is -2.19. The Kier molecular flexibility index (Phi) is 4.76. The Hall–Kier alpha value is -0.520. The van der Waals surface area contributed by atoms with Crippen LogP contribution in [0.15, 0.2) is 25.1 Å². The van der Waals surface area contributed by atoms with Gasteiger partial charge in [0.15, 0.2) is 5.78 Å². The number of Topliss-reactive ketones (excluding diaryl/α,β-unsaturated/α-hetero) is 2. The van der Waals surface area contributed by atoms with Crippen LogP contribution in [0.4, 0.5) is 0 Å². The molecule has 2 nitrogen and oxygen atoms in total. The molecule has 2 rings (SSSR count). The first kappa shape index (κ1) is 16.8. The van der Waals surface area contributed by atoms with Crippen molar-refractivity contribution in [2.45, 2.75) is 27.7 Å². The molecule has 0 amide bonds. The zero-order valence-electron chi connectivity index (χ0n) is 12.0. The number of hydrogen-bond donors (Lipinski definition) is 0. The molecule has 0 spiro atoms. The lowest BCUT2D eigenvalue weighted by molar-refractivity contribution is -0.114. The van der Waals surface area contributed by atoms with Gasteiger partial charge >= 0.3 is 0 Å². The molecule has 0 fully saturated rings. The van der Waals surface area contributed by atoms with Gasteiger partial charge in [-0.05, 0) is 81.8 Å². The normalized spacial score (nSPS) is 16.1. The van der Waals surface area contributed by atoms with Gasteiger partial charge in [0.25, 0.3) is 0 Å². The van der Waals surface area contributed by atoms with Gasteiger partial charge in [-0.2, -0.15) is 0 Å². The van der Waals surface area contributed by atoms with Crippen molar-refractivity contribution in [1.82, 2.24) is 0 Å². The zero-order chi connectivity index (χ0) is 16.1. The molecule has 0 aliphatic heterocycles. The number of rotatable bonds is 1. The van der Waals surface area contributed by atoms with E-state index in [9.17, 15) is 9.59 Å². The van der Waals surface area contributed by atoms with Gasteiger partial charge in [-0.25, -0.2) is 0 Å². The van der Waals surface area contributed by atoms with Crippen LogP contribution >= 0.6 is 47.8 Å². The van der Waals surface area contributed by atoms with Crippen LogP contribution in [-0.4, -0.2) is 11.6 Å². The van der Waals surface area contributed by atoms with Gasteiger partial charge in [-0.1, -0.05) is 22.0 Å². The molecule has 1 aromatic carbocycles. The summed E-state index contributed by atoms with van der Waals surface area (Å²) in [5.41, 5.74) is 4.69. The third-order valence-electron chi connectivity index (χ3n) is 3.64. The van der Waals surface area contributed by atoms with E-state index < -0.39 is 0 Å². The van der Waals surface area contributed by atoms with Crippen LogP contribution in [0.5, 0.6) is 0 Å². The maximum atomic E-state index is 12.6. The summed E-state index contributed by atoms with van der Waals surface area (Å²) in [5.74, 6) is -0.326. The summed E-state index contributed by atoms with van der Waals surface area (Å²) in [6.45, 7) is 7.55. The van der Waals surface area contributed by atoms with Crippen molar-refractivity contribution in [3.05, 3.63) is 47.3 Å². The van der Waals surface area contributed by atoms with Crippen LogP contribution in [0.3, 0.4) is 0 Å². The number of ketones is 2. The Bertz CT molecular complexity index is 755. The standard InChI is InChI=1S/C16H13Br3O2/c1-6-5-7(2)12(17)8(3)10(6)11-14(19)15(20)9(4)13(18)16(11)21/h5H,1-4H3. The van der Waals surface area contributed by atoms with E-state index in [1.807, 2.05) is 26.8 Å². The highest BCUT2D eigenvalue weighted by molar-refractivity contribution is 9.12. The largest absolute Gasteiger partial charge is 0.288 e. The van der Waals surface area contributed by atoms with Crippen LogP contribution in [0.2, 0.25) is 0 Å². The molecular formula is C16H13Br3O2. The fourth-order valence-corrected chi connectivity index (χ4v) is 3.89. The lowest BCUT2D eigenvalue weighted by atomic mass is 9.87. The summed E-state index contributed by atoms with van der Waals surface area (Å²) >= 11 is 10.1. The summed E-state index contributed by atoms with van der Waals surface area (Å²) in [6.07, 6.45) is 0. The van der Waals surface area contributed by atoms with Crippen molar-refractivity contribution in [3.8, 4) is 0 Å². The number of carbonyl (C=O) groups is 2. The van der Waals surface area contributed by atoms with E-state index >= 15 is 0 Å². The smallest absolute Gasteiger partial charge is 0.202 e. The topological polar surface area (TPSA) is 34.1 Å². The Morgan fingerprint density at radius 2 is 1.38 bits per heavy atom. The van der Waals surface area contributed by atoms with Crippen LogP contribution in [0.25, 0.3) is 5.57 Å². The van der Waals surface area contributed by atoms with Gasteiger partial charge in [0.2, 0.25) is 5.78 Å². The van der Waals surface area contributed by atoms with Crippen molar-refractivity contribution in [1.29, 1.82) is 0 Å². The van der Waals surface area contributed by atoms with E-state index in [1.165, 1.54) is 0 Å². The number of hydrogen-bond acceptors (Lipinski definition) is 2. The lowest BCUT2D eigenvalue weighted by Gasteiger charge is -2.21. The van der Waals surface area contributed by atoms with E-state index in [1.54, 1.807) is 6.92 Å². The Balaban J connectivity index is 2.82. The molecule has 5 heteroatoms. The number of allylic oxidation sites excluding steroid dienone is 4. The fraction of sp³-hybridized carbons (Fsp3) is 0.250. The first-order valence-electron chi connectivity index (χ1n) is 6.30. The van der Waals surface area contributed by atoms with Crippen LogP contribution in [-0.2, 0) is 9.59 Å². The van der Waals surface area contributed by atoms with Crippen LogP contribution in [0.1, 0.15) is 29.2 Å². The number of halogens is 3. The molecule has 0 bridgehead atoms. The highest BCUT2D eigenvalue weighted by Gasteiger charge is 2.32. The summed E-state index contributed by atoms with van der Waals surface area (Å²) in [7, 11) is 0. The maximum absolute atomic E-state index is 12.6. The van der Waals surface area contributed by atoms with Crippen molar-refractivity contribution in [2.75, 3.05) is 0 Å². The number of aryl methyl sites for hydroxylation is 2. The second kappa shape index (κ2) is 5.94. The predicted molar refractivity (Wildman–Crippen MR) is 95.8 cm³/mol. The monoisotopic (exact) mass is 474 g/mol. The number of carbonyl (C=O) groups excluding carboxylic acids is 2. The van der Waals surface area contributed by atoms with E-state index in [0.717, 1.165) is 26.7 Å². The molecule has 1 aromatic rings. The fourth-order valence-electron chi connectivity index (χ4n) is 2.53. The molecule has 0 heterocycles. The van der Waals surface area contributed by atoms with Crippen LogP contribution in [0, 0.1) is 20.8 Å². The van der Waals surface area contributed by atoms with E-state index in [2.05, 4.69) is 47.8 Å². The quantitative estimate of drug-likeness (QED) is 0.515. The van der Waals surface area contributed by atoms with E-state index in [4.69, 9.17) is 0 Å². The third-order valence-corrected chi connectivity index (χ3v) is 6.57. The van der Waals surface area contributed by atoms with Gasteiger partial charge in [0.05, 0.1) is 8.96 Å². The summed E-state index contributed by atoms with van der Waals surface area (Å²) in [5, 5.41) is 0. The van der Waals surface area contributed by atoms with Crippen molar-refractivity contribution in [2.24, 2.45) is 0 Å². The van der Waals surface area contributed by atoms with Gasteiger partial charge in [0.1, 0.15) is 0 Å². The van der Waals surface area contributed by atoms with Gasteiger partial charge < -0.3 is 0 Å². The highest BCUT2D eigenvalue weighted by Crippen LogP contribution is 2.40.